The quantitative estimate of drug-likeness (QED) is 0.789. The Morgan fingerprint density at radius 1 is 1.06 bits per heavy atom. The molecule has 3 heterocycles. The molecule has 2 unspecified atom stereocenters. The molecule has 2 aromatic rings. The number of rotatable bonds is 2. The second kappa shape index (κ2) is 7.10. The van der Waals surface area contributed by atoms with E-state index in [1.54, 1.807) is 21.9 Å². The Balaban J connectivity index is 1.28. The summed E-state index contributed by atoms with van der Waals surface area (Å²) in [4.78, 5) is 28.2. The second-order valence-corrected chi connectivity index (χ2v) is 8.89. The van der Waals surface area contributed by atoms with Crippen molar-refractivity contribution in [2.75, 3.05) is 13.1 Å². The average molecular weight is 432 g/mol. The molecule has 2 aliphatic heterocycles. The lowest BCUT2D eigenvalue weighted by atomic mass is 9.91. The number of nitrogens with one attached hydrogen (secondary N) is 1. The topological polar surface area (TPSA) is 69.3 Å². The summed E-state index contributed by atoms with van der Waals surface area (Å²) in [5.74, 6) is 0.0316. The van der Waals surface area contributed by atoms with Crippen molar-refractivity contribution in [1.82, 2.24) is 20.0 Å². The molecule has 164 valence electrons. The zero-order valence-electron chi connectivity index (χ0n) is 17.1. The SMILES string of the molecule is CC(=O)N1Cc2[nH]nc(C(=O)N3CC4CC(c5ccccc5C(F)(F)F)C[C@H]4C3)c2C1. The maximum Gasteiger partial charge on any atom is 0.416 e. The van der Waals surface area contributed by atoms with Gasteiger partial charge >= 0.3 is 6.18 Å². The fraction of sp³-hybridized carbons (Fsp3) is 0.500. The average Bonchev–Trinajstić information content (AvgIpc) is 3.45. The first kappa shape index (κ1) is 20.1. The van der Waals surface area contributed by atoms with Crippen molar-refractivity contribution in [3.63, 3.8) is 0 Å². The number of amides is 2. The molecular formula is C22H23F3N4O2. The summed E-state index contributed by atoms with van der Waals surface area (Å²) in [6.45, 7) is 3.37. The lowest BCUT2D eigenvalue weighted by Gasteiger charge is -2.21. The van der Waals surface area contributed by atoms with Crippen LogP contribution in [-0.2, 0) is 24.1 Å². The third kappa shape index (κ3) is 3.40. The minimum Gasteiger partial charge on any atom is -0.337 e. The van der Waals surface area contributed by atoms with Crippen LogP contribution in [0.1, 0.15) is 58.6 Å². The lowest BCUT2D eigenvalue weighted by Crippen LogP contribution is -2.31. The van der Waals surface area contributed by atoms with Crippen molar-refractivity contribution in [1.29, 1.82) is 0 Å². The minimum atomic E-state index is -4.36. The molecule has 0 radical (unpaired) electrons. The largest absolute Gasteiger partial charge is 0.416 e. The van der Waals surface area contributed by atoms with Crippen LogP contribution >= 0.6 is 0 Å². The lowest BCUT2D eigenvalue weighted by molar-refractivity contribution is -0.138. The van der Waals surface area contributed by atoms with Crippen LogP contribution in [0, 0.1) is 11.8 Å². The molecule has 0 bridgehead atoms. The van der Waals surface area contributed by atoms with Gasteiger partial charge in [0.15, 0.2) is 5.69 Å². The molecule has 6 nitrogen and oxygen atoms in total. The van der Waals surface area contributed by atoms with Crippen molar-refractivity contribution in [3.8, 4) is 0 Å². The van der Waals surface area contributed by atoms with E-state index in [2.05, 4.69) is 10.2 Å². The van der Waals surface area contributed by atoms with E-state index < -0.39 is 11.7 Å². The molecule has 1 N–H and O–H groups in total. The predicted molar refractivity (Wildman–Crippen MR) is 105 cm³/mol. The van der Waals surface area contributed by atoms with Crippen molar-refractivity contribution >= 4 is 11.8 Å². The summed E-state index contributed by atoms with van der Waals surface area (Å²) in [6.07, 6.45) is -3.05. The van der Waals surface area contributed by atoms with Crippen LogP contribution in [-0.4, -0.2) is 44.9 Å². The van der Waals surface area contributed by atoms with Gasteiger partial charge in [0.1, 0.15) is 0 Å². The van der Waals surface area contributed by atoms with E-state index >= 15 is 0 Å². The van der Waals surface area contributed by atoms with Gasteiger partial charge in [-0.25, -0.2) is 0 Å². The van der Waals surface area contributed by atoms with E-state index in [1.165, 1.54) is 13.0 Å². The molecule has 1 aromatic carbocycles. The number of aromatic amines is 1. The fourth-order valence-corrected chi connectivity index (χ4v) is 5.52. The number of aromatic nitrogens is 2. The Morgan fingerprint density at radius 3 is 2.39 bits per heavy atom. The molecule has 1 saturated carbocycles. The number of benzene rings is 1. The van der Waals surface area contributed by atoms with Gasteiger partial charge in [0, 0.05) is 25.6 Å². The number of hydrogen-bond donors (Lipinski definition) is 1. The predicted octanol–water partition coefficient (Wildman–Crippen LogP) is 3.56. The zero-order chi connectivity index (χ0) is 21.9. The van der Waals surface area contributed by atoms with Crippen molar-refractivity contribution < 1.29 is 22.8 Å². The number of fused-ring (bicyclic) bond motifs is 2. The molecule has 0 spiro atoms. The summed E-state index contributed by atoms with van der Waals surface area (Å²) in [7, 11) is 0. The first-order chi connectivity index (χ1) is 14.7. The van der Waals surface area contributed by atoms with E-state index in [-0.39, 0.29) is 29.6 Å². The molecule has 31 heavy (non-hydrogen) atoms. The third-order valence-electron chi connectivity index (χ3n) is 7.04. The number of nitrogens with zero attached hydrogens (tertiary/aromatic N) is 3. The first-order valence-corrected chi connectivity index (χ1v) is 10.5. The highest BCUT2D eigenvalue weighted by atomic mass is 19.4. The molecular weight excluding hydrogens is 409 g/mol. The van der Waals surface area contributed by atoms with Crippen LogP contribution in [0.2, 0.25) is 0 Å². The van der Waals surface area contributed by atoms with Crippen LogP contribution in [0.3, 0.4) is 0 Å². The van der Waals surface area contributed by atoms with E-state index in [9.17, 15) is 22.8 Å². The van der Waals surface area contributed by atoms with Gasteiger partial charge < -0.3 is 9.80 Å². The number of carbonyl (C=O) groups is 2. The summed E-state index contributed by atoms with van der Waals surface area (Å²) < 4.78 is 40.2. The number of halogens is 3. The van der Waals surface area contributed by atoms with Gasteiger partial charge in [0.2, 0.25) is 5.91 Å². The normalized spacial score (nSPS) is 25.1. The van der Waals surface area contributed by atoms with Crippen LogP contribution in [0.4, 0.5) is 13.2 Å². The van der Waals surface area contributed by atoms with Gasteiger partial charge in [-0.1, -0.05) is 18.2 Å². The maximum atomic E-state index is 13.4. The molecule has 1 aromatic heterocycles. The first-order valence-electron chi connectivity index (χ1n) is 10.5. The molecule has 9 heteroatoms. The van der Waals surface area contributed by atoms with E-state index in [0.717, 1.165) is 17.3 Å². The second-order valence-electron chi connectivity index (χ2n) is 8.89. The highest BCUT2D eigenvalue weighted by Gasteiger charge is 2.46. The van der Waals surface area contributed by atoms with Crippen molar-refractivity contribution in [3.05, 3.63) is 52.3 Å². The smallest absolute Gasteiger partial charge is 0.337 e. The summed E-state index contributed by atoms with van der Waals surface area (Å²) in [6, 6.07) is 5.84. The van der Waals surface area contributed by atoms with Gasteiger partial charge in [-0.2, -0.15) is 18.3 Å². The van der Waals surface area contributed by atoms with Crippen molar-refractivity contribution in [2.45, 2.75) is 44.9 Å². The standard InChI is InChI=1S/C22H23F3N4O2/c1-12(30)28-10-17-19(11-28)26-27-20(17)21(31)29-8-14-6-13(7-15(14)9-29)16-4-2-3-5-18(16)22(23,24)25/h2-5,13-15H,6-11H2,1H3,(H,26,27)/t13?,14-,15?/m0/s1. The minimum absolute atomic E-state index is 0.0520. The molecule has 3 aliphatic rings. The molecule has 2 amide bonds. The Hall–Kier alpha value is -2.84. The molecule has 3 atom stereocenters. The molecule has 5 rings (SSSR count). The summed E-state index contributed by atoms with van der Waals surface area (Å²) in [5, 5.41) is 7.07. The van der Waals surface area contributed by atoms with E-state index in [1.807, 2.05) is 0 Å². The molecule has 1 saturated heterocycles. The number of carbonyl (C=O) groups excluding carboxylic acids is 2. The Morgan fingerprint density at radius 2 is 1.74 bits per heavy atom. The fourth-order valence-electron chi connectivity index (χ4n) is 5.52. The Bertz CT molecular complexity index is 1030. The van der Waals surface area contributed by atoms with Crippen LogP contribution < -0.4 is 0 Å². The Labute approximate surface area is 177 Å². The summed E-state index contributed by atoms with van der Waals surface area (Å²) in [5.41, 5.74) is 1.75. The summed E-state index contributed by atoms with van der Waals surface area (Å²) >= 11 is 0. The Kier molecular flexibility index (Phi) is 4.60. The van der Waals surface area contributed by atoms with Crippen LogP contribution in [0.25, 0.3) is 0 Å². The maximum absolute atomic E-state index is 13.4. The monoisotopic (exact) mass is 432 g/mol. The van der Waals surface area contributed by atoms with Gasteiger partial charge in [-0.3, -0.25) is 14.7 Å². The molecule has 1 aliphatic carbocycles. The van der Waals surface area contributed by atoms with Crippen molar-refractivity contribution in [2.24, 2.45) is 11.8 Å². The van der Waals surface area contributed by atoms with Gasteiger partial charge in [0.05, 0.1) is 24.3 Å². The zero-order valence-corrected chi connectivity index (χ0v) is 17.1. The third-order valence-corrected chi connectivity index (χ3v) is 7.04. The number of hydrogen-bond acceptors (Lipinski definition) is 3. The molecule has 2 fully saturated rings. The highest BCUT2D eigenvalue weighted by molar-refractivity contribution is 5.94. The number of alkyl halides is 3. The highest BCUT2D eigenvalue weighted by Crippen LogP contribution is 2.49. The van der Waals surface area contributed by atoms with E-state index in [0.29, 0.717) is 50.3 Å². The van der Waals surface area contributed by atoms with E-state index in [4.69, 9.17) is 0 Å². The van der Waals surface area contributed by atoms with Gasteiger partial charge in [-0.15, -0.1) is 0 Å². The van der Waals surface area contributed by atoms with Gasteiger partial charge in [0.25, 0.3) is 5.91 Å². The van der Waals surface area contributed by atoms with Gasteiger partial charge in [-0.05, 0) is 42.2 Å². The number of likely N-dealkylation sites (tertiary alicyclic amines) is 1. The number of H-pyrrole nitrogens is 1. The van der Waals surface area contributed by atoms with Crippen LogP contribution in [0.15, 0.2) is 24.3 Å². The van der Waals surface area contributed by atoms with Crippen LogP contribution in [0.5, 0.6) is 0 Å².